The van der Waals surface area contributed by atoms with Crippen LogP contribution in [0.2, 0.25) is 0 Å². The topological polar surface area (TPSA) is 96.9 Å². The third kappa shape index (κ3) is 7.60. The molecule has 184 valence electrons. The van der Waals surface area contributed by atoms with E-state index < -0.39 is 5.60 Å². The number of anilines is 1. The van der Waals surface area contributed by atoms with Gasteiger partial charge in [0.1, 0.15) is 12.2 Å². The molecule has 0 aliphatic carbocycles. The summed E-state index contributed by atoms with van der Waals surface area (Å²) in [6, 6.07) is 7.32. The second-order valence-corrected chi connectivity index (χ2v) is 10.4. The summed E-state index contributed by atoms with van der Waals surface area (Å²) in [6.45, 7) is 14.2. The van der Waals surface area contributed by atoms with Crippen molar-refractivity contribution in [3.05, 3.63) is 47.8 Å². The molecule has 9 nitrogen and oxygen atoms in total. The zero-order chi connectivity index (χ0) is 24.9. The Morgan fingerprint density at radius 2 is 1.53 bits per heavy atom. The van der Waals surface area contributed by atoms with Gasteiger partial charge in [-0.15, -0.1) is 0 Å². The fraction of sp³-hybridized carbons (Fsp3) is 0.520. The predicted octanol–water partition coefficient (Wildman–Crippen LogP) is 3.64. The fourth-order valence-corrected chi connectivity index (χ4v) is 3.29. The first-order chi connectivity index (χ1) is 15.9. The van der Waals surface area contributed by atoms with Crippen LogP contribution < -0.4 is 15.0 Å². The Hall–Kier alpha value is -3.36. The lowest BCUT2D eigenvalue weighted by Crippen LogP contribution is -2.50. The van der Waals surface area contributed by atoms with E-state index in [-0.39, 0.29) is 17.5 Å². The standard InChI is InChI=1S/C25H35N5O4/c1-24(2,3)28-21(31)19-9-7-18(8-10-19)17-33-20-15-26-22(27-16-20)29-11-13-30(14-12-29)23(32)34-25(4,5)6/h7-10,15-16H,11-14,17H2,1-6H3,(H,28,31). The highest BCUT2D eigenvalue weighted by Gasteiger charge is 2.26. The van der Waals surface area contributed by atoms with Crippen LogP contribution in [0.1, 0.15) is 57.5 Å². The van der Waals surface area contributed by atoms with Gasteiger partial charge in [0.25, 0.3) is 5.91 Å². The molecular formula is C25H35N5O4. The van der Waals surface area contributed by atoms with Crippen molar-refractivity contribution in [2.45, 2.75) is 59.3 Å². The van der Waals surface area contributed by atoms with Gasteiger partial charge in [0, 0.05) is 37.3 Å². The molecule has 0 bridgehead atoms. The molecule has 0 saturated carbocycles. The van der Waals surface area contributed by atoms with Crippen LogP contribution in [0.3, 0.4) is 0 Å². The average Bonchev–Trinajstić information content (AvgIpc) is 2.76. The van der Waals surface area contributed by atoms with Gasteiger partial charge in [-0.05, 0) is 59.2 Å². The van der Waals surface area contributed by atoms with Gasteiger partial charge in [0.05, 0.1) is 12.4 Å². The molecule has 0 spiro atoms. The SMILES string of the molecule is CC(C)(C)NC(=O)c1ccc(COc2cnc(N3CCN(C(=O)OC(C)(C)C)CC3)nc2)cc1. The molecule has 9 heteroatoms. The normalized spacial score (nSPS) is 14.5. The number of hydrogen-bond acceptors (Lipinski definition) is 7. The maximum atomic E-state index is 12.2. The number of nitrogens with zero attached hydrogens (tertiary/aromatic N) is 4. The summed E-state index contributed by atoms with van der Waals surface area (Å²) in [5.74, 6) is 1.06. The maximum absolute atomic E-state index is 12.2. The van der Waals surface area contributed by atoms with Crippen LogP contribution >= 0.6 is 0 Å². The number of piperazine rings is 1. The molecule has 1 N–H and O–H groups in total. The largest absolute Gasteiger partial charge is 0.486 e. The number of rotatable bonds is 5. The second-order valence-electron chi connectivity index (χ2n) is 10.4. The molecular weight excluding hydrogens is 434 g/mol. The van der Waals surface area contributed by atoms with E-state index in [0.717, 1.165) is 5.56 Å². The lowest BCUT2D eigenvalue weighted by Gasteiger charge is -2.35. The maximum Gasteiger partial charge on any atom is 0.410 e. The molecule has 1 aliphatic heterocycles. The van der Waals surface area contributed by atoms with Crippen LogP contribution in [-0.4, -0.2) is 64.2 Å². The summed E-state index contributed by atoms with van der Waals surface area (Å²) < 4.78 is 11.2. The zero-order valence-corrected chi connectivity index (χ0v) is 20.9. The van der Waals surface area contributed by atoms with E-state index in [1.165, 1.54) is 0 Å². The van der Waals surface area contributed by atoms with Crippen molar-refractivity contribution in [3.63, 3.8) is 0 Å². The van der Waals surface area contributed by atoms with E-state index in [2.05, 4.69) is 15.3 Å². The van der Waals surface area contributed by atoms with Gasteiger partial charge in [-0.25, -0.2) is 14.8 Å². The molecule has 2 aromatic rings. The highest BCUT2D eigenvalue weighted by Crippen LogP contribution is 2.17. The summed E-state index contributed by atoms with van der Waals surface area (Å²) in [5.41, 5.74) is 0.764. The summed E-state index contributed by atoms with van der Waals surface area (Å²) in [5, 5.41) is 2.95. The first-order valence-electron chi connectivity index (χ1n) is 11.5. The van der Waals surface area contributed by atoms with Gasteiger partial charge in [0.15, 0.2) is 5.75 Å². The van der Waals surface area contributed by atoms with Crippen LogP contribution in [0.25, 0.3) is 0 Å². The van der Waals surface area contributed by atoms with Crippen LogP contribution in [0.15, 0.2) is 36.7 Å². The molecule has 1 fully saturated rings. The van der Waals surface area contributed by atoms with Crippen molar-refractivity contribution in [2.24, 2.45) is 0 Å². The average molecular weight is 470 g/mol. The van der Waals surface area contributed by atoms with E-state index in [1.807, 2.05) is 58.6 Å². The molecule has 2 heterocycles. The highest BCUT2D eigenvalue weighted by atomic mass is 16.6. The van der Waals surface area contributed by atoms with E-state index in [1.54, 1.807) is 29.4 Å². The first kappa shape index (κ1) is 25.3. The van der Waals surface area contributed by atoms with E-state index in [9.17, 15) is 9.59 Å². The van der Waals surface area contributed by atoms with Crippen molar-refractivity contribution in [3.8, 4) is 5.75 Å². The molecule has 3 rings (SSSR count). The molecule has 1 saturated heterocycles. The number of carbonyl (C=O) groups is 2. The first-order valence-corrected chi connectivity index (χ1v) is 11.5. The van der Waals surface area contributed by atoms with Gasteiger partial charge in [-0.1, -0.05) is 12.1 Å². The number of benzene rings is 1. The number of nitrogens with one attached hydrogen (secondary N) is 1. The number of aromatic nitrogens is 2. The minimum atomic E-state index is -0.504. The monoisotopic (exact) mass is 469 g/mol. The summed E-state index contributed by atoms with van der Waals surface area (Å²) in [4.78, 5) is 37.0. The number of hydrogen-bond donors (Lipinski definition) is 1. The third-order valence-electron chi connectivity index (χ3n) is 4.94. The molecule has 1 aromatic heterocycles. The van der Waals surface area contributed by atoms with Crippen molar-refractivity contribution in [1.29, 1.82) is 0 Å². The molecule has 1 aromatic carbocycles. The minimum absolute atomic E-state index is 0.101. The summed E-state index contributed by atoms with van der Waals surface area (Å²) in [7, 11) is 0. The zero-order valence-electron chi connectivity index (χ0n) is 20.9. The lowest BCUT2D eigenvalue weighted by molar-refractivity contribution is 0.0240. The molecule has 0 unspecified atom stereocenters. The van der Waals surface area contributed by atoms with Gasteiger partial charge >= 0.3 is 6.09 Å². The molecule has 2 amide bonds. The van der Waals surface area contributed by atoms with Crippen LogP contribution in [0.5, 0.6) is 5.75 Å². The lowest BCUT2D eigenvalue weighted by atomic mass is 10.1. The minimum Gasteiger partial charge on any atom is -0.486 e. The number of ether oxygens (including phenoxy) is 2. The number of carbonyl (C=O) groups excluding carboxylic acids is 2. The Morgan fingerprint density at radius 1 is 0.941 bits per heavy atom. The fourth-order valence-electron chi connectivity index (χ4n) is 3.29. The van der Waals surface area contributed by atoms with Crippen molar-refractivity contribution in [2.75, 3.05) is 31.1 Å². The molecule has 34 heavy (non-hydrogen) atoms. The third-order valence-corrected chi connectivity index (χ3v) is 4.94. The van der Waals surface area contributed by atoms with Gasteiger partial charge in [0.2, 0.25) is 5.95 Å². The number of amides is 2. The van der Waals surface area contributed by atoms with Crippen LogP contribution in [-0.2, 0) is 11.3 Å². The van der Waals surface area contributed by atoms with Crippen molar-refractivity contribution >= 4 is 17.9 Å². The Kier molecular flexibility index (Phi) is 7.64. The van der Waals surface area contributed by atoms with E-state index in [4.69, 9.17) is 9.47 Å². The van der Waals surface area contributed by atoms with E-state index >= 15 is 0 Å². The Balaban J connectivity index is 1.47. The van der Waals surface area contributed by atoms with Crippen molar-refractivity contribution < 1.29 is 19.1 Å². The van der Waals surface area contributed by atoms with Gasteiger partial charge < -0.3 is 24.6 Å². The summed E-state index contributed by atoms with van der Waals surface area (Å²) in [6.07, 6.45) is 3.00. The van der Waals surface area contributed by atoms with E-state index in [0.29, 0.717) is 50.0 Å². The molecule has 0 atom stereocenters. The quantitative estimate of drug-likeness (QED) is 0.714. The smallest absolute Gasteiger partial charge is 0.410 e. The molecule has 0 radical (unpaired) electrons. The Labute approximate surface area is 201 Å². The summed E-state index contributed by atoms with van der Waals surface area (Å²) >= 11 is 0. The Bertz CT molecular complexity index is 970. The Morgan fingerprint density at radius 3 is 2.06 bits per heavy atom. The molecule has 1 aliphatic rings. The van der Waals surface area contributed by atoms with Gasteiger partial charge in [-0.2, -0.15) is 0 Å². The van der Waals surface area contributed by atoms with Crippen LogP contribution in [0.4, 0.5) is 10.7 Å². The van der Waals surface area contributed by atoms with Crippen molar-refractivity contribution in [1.82, 2.24) is 20.2 Å². The highest BCUT2D eigenvalue weighted by molar-refractivity contribution is 5.94. The van der Waals surface area contributed by atoms with Crippen LogP contribution in [0, 0.1) is 0 Å². The predicted molar refractivity (Wildman–Crippen MR) is 130 cm³/mol. The second kappa shape index (κ2) is 10.3. The van der Waals surface area contributed by atoms with Gasteiger partial charge in [-0.3, -0.25) is 4.79 Å².